The number of nitrogens with two attached hydrogens (primary N) is 1. The monoisotopic (exact) mass is 357 g/mol. The van der Waals surface area contributed by atoms with Crippen LogP contribution in [0.25, 0.3) is 5.70 Å². The highest BCUT2D eigenvalue weighted by molar-refractivity contribution is 6.30. The van der Waals surface area contributed by atoms with Crippen molar-refractivity contribution in [3.63, 3.8) is 0 Å². The van der Waals surface area contributed by atoms with Crippen molar-refractivity contribution in [3.8, 4) is 6.07 Å². The standard InChI is InChI=1S/C18H13ClFN3O2/c1-11(18(24)25)5-17(13-7-14(19)9-15(20)8-13)23(22)16-4-2-3-12(6-16)10-21/h2-9H,1,22H2,(H,24,25)/b17-5-. The Hall–Kier alpha value is -3.14. The van der Waals surface area contributed by atoms with E-state index in [0.717, 1.165) is 11.1 Å². The zero-order valence-electron chi connectivity index (χ0n) is 12.9. The van der Waals surface area contributed by atoms with Crippen LogP contribution in [0.3, 0.4) is 0 Å². The summed E-state index contributed by atoms with van der Waals surface area (Å²) in [4.78, 5) is 11.1. The van der Waals surface area contributed by atoms with Crippen LogP contribution in [0, 0.1) is 17.1 Å². The second-order valence-corrected chi connectivity index (χ2v) is 5.49. The number of nitriles is 1. The number of rotatable bonds is 5. The number of anilines is 1. The minimum Gasteiger partial charge on any atom is -0.478 e. The third-order valence-electron chi connectivity index (χ3n) is 3.26. The van der Waals surface area contributed by atoms with Gasteiger partial charge in [0.2, 0.25) is 0 Å². The SMILES string of the molecule is C=C(/C=C(/c1cc(F)cc(Cl)c1)N(N)c1cccc(C#N)c1)C(=O)O. The van der Waals surface area contributed by atoms with Crippen LogP contribution in [0.4, 0.5) is 10.1 Å². The summed E-state index contributed by atoms with van der Waals surface area (Å²) >= 11 is 5.88. The van der Waals surface area contributed by atoms with Gasteiger partial charge in [-0.1, -0.05) is 24.2 Å². The third kappa shape index (κ3) is 4.44. The van der Waals surface area contributed by atoms with Crippen LogP contribution in [-0.4, -0.2) is 11.1 Å². The van der Waals surface area contributed by atoms with Crippen molar-refractivity contribution in [1.82, 2.24) is 0 Å². The molecule has 0 amide bonds. The van der Waals surface area contributed by atoms with Gasteiger partial charge in [0.15, 0.2) is 0 Å². The van der Waals surface area contributed by atoms with Gasteiger partial charge >= 0.3 is 5.97 Å². The number of carboxylic acids is 1. The number of nitrogens with zero attached hydrogens (tertiary/aromatic N) is 2. The van der Waals surface area contributed by atoms with Gasteiger partial charge in [-0.15, -0.1) is 0 Å². The van der Waals surface area contributed by atoms with Crippen molar-refractivity contribution in [2.75, 3.05) is 5.01 Å². The first-order valence-electron chi connectivity index (χ1n) is 6.97. The zero-order chi connectivity index (χ0) is 18.6. The molecule has 2 aromatic rings. The number of halogens is 2. The van der Waals surface area contributed by atoms with Crippen LogP contribution < -0.4 is 10.9 Å². The number of aliphatic carboxylic acids is 1. The van der Waals surface area contributed by atoms with Gasteiger partial charge in [0.05, 0.1) is 28.6 Å². The van der Waals surface area contributed by atoms with Crippen molar-refractivity contribution < 1.29 is 14.3 Å². The van der Waals surface area contributed by atoms with Gasteiger partial charge < -0.3 is 5.11 Å². The second-order valence-electron chi connectivity index (χ2n) is 5.05. The fraction of sp³-hybridized carbons (Fsp3) is 0. The van der Waals surface area contributed by atoms with Crippen molar-refractivity contribution >= 4 is 29.0 Å². The molecule has 0 saturated carbocycles. The van der Waals surface area contributed by atoms with E-state index < -0.39 is 11.8 Å². The first-order valence-corrected chi connectivity index (χ1v) is 7.35. The number of hydrogen-bond acceptors (Lipinski definition) is 4. The quantitative estimate of drug-likeness (QED) is 0.368. The average molecular weight is 358 g/mol. The molecule has 3 N–H and O–H groups in total. The Morgan fingerprint density at radius 2 is 2.08 bits per heavy atom. The fourth-order valence-corrected chi connectivity index (χ4v) is 2.31. The van der Waals surface area contributed by atoms with Gasteiger partial charge in [0.25, 0.3) is 0 Å². The molecule has 0 saturated heterocycles. The van der Waals surface area contributed by atoms with E-state index in [1.165, 1.54) is 24.3 Å². The predicted octanol–water partition coefficient (Wildman–Crippen LogP) is 3.71. The molecular weight excluding hydrogens is 345 g/mol. The van der Waals surface area contributed by atoms with Gasteiger partial charge in [-0.2, -0.15) is 5.26 Å². The van der Waals surface area contributed by atoms with E-state index in [4.69, 9.17) is 27.8 Å². The van der Waals surface area contributed by atoms with Crippen LogP contribution in [0.2, 0.25) is 5.02 Å². The summed E-state index contributed by atoms with van der Waals surface area (Å²) in [5, 5.41) is 19.3. The first-order chi connectivity index (χ1) is 11.8. The molecule has 5 nitrogen and oxygen atoms in total. The molecule has 2 aromatic carbocycles. The van der Waals surface area contributed by atoms with Crippen LogP contribution >= 0.6 is 11.6 Å². The highest BCUT2D eigenvalue weighted by atomic mass is 35.5. The Morgan fingerprint density at radius 3 is 2.68 bits per heavy atom. The second kappa shape index (κ2) is 7.62. The highest BCUT2D eigenvalue weighted by Gasteiger charge is 2.15. The Labute approximate surface area is 148 Å². The molecule has 0 bridgehead atoms. The minimum atomic E-state index is -1.25. The molecule has 7 heteroatoms. The summed E-state index contributed by atoms with van der Waals surface area (Å²) in [5.41, 5.74) is 0.939. The van der Waals surface area contributed by atoms with Crippen LogP contribution in [0.1, 0.15) is 11.1 Å². The van der Waals surface area contributed by atoms with E-state index in [0.29, 0.717) is 11.3 Å². The molecule has 0 unspecified atom stereocenters. The summed E-state index contributed by atoms with van der Waals surface area (Å²) in [6, 6.07) is 12.1. The number of carboxylic acid groups (broad SMARTS) is 1. The maximum atomic E-state index is 13.7. The molecule has 0 aromatic heterocycles. The van der Waals surface area contributed by atoms with Gasteiger partial charge in [-0.25, -0.2) is 15.0 Å². The smallest absolute Gasteiger partial charge is 0.335 e. The summed E-state index contributed by atoms with van der Waals surface area (Å²) in [7, 11) is 0. The molecule has 0 spiro atoms. The topological polar surface area (TPSA) is 90.4 Å². The molecule has 126 valence electrons. The molecule has 25 heavy (non-hydrogen) atoms. The summed E-state index contributed by atoms with van der Waals surface area (Å²) in [6.45, 7) is 3.44. The van der Waals surface area contributed by atoms with E-state index in [1.54, 1.807) is 18.2 Å². The molecule has 0 radical (unpaired) electrons. The van der Waals surface area contributed by atoms with Crippen LogP contribution in [0.15, 0.2) is 60.7 Å². The lowest BCUT2D eigenvalue weighted by atomic mass is 10.1. The highest BCUT2D eigenvalue weighted by Crippen LogP contribution is 2.27. The van der Waals surface area contributed by atoms with Gasteiger partial charge in [0.1, 0.15) is 5.82 Å². The van der Waals surface area contributed by atoms with E-state index in [-0.39, 0.29) is 21.9 Å². The van der Waals surface area contributed by atoms with Crippen molar-refractivity contribution in [2.24, 2.45) is 5.84 Å². The average Bonchev–Trinajstić information content (AvgIpc) is 2.57. The zero-order valence-corrected chi connectivity index (χ0v) is 13.7. The molecule has 0 aliphatic carbocycles. The molecular formula is C18H13ClFN3O2. The number of carbonyl (C=O) groups is 1. The van der Waals surface area contributed by atoms with Crippen molar-refractivity contribution in [2.45, 2.75) is 0 Å². The molecule has 0 fully saturated rings. The molecule has 0 aliphatic heterocycles. The lowest BCUT2D eigenvalue weighted by molar-refractivity contribution is -0.132. The third-order valence-corrected chi connectivity index (χ3v) is 3.48. The minimum absolute atomic E-state index is 0.126. The Morgan fingerprint density at radius 1 is 1.36 bits per heavy atom. The van der Waals surface area contributed by atoms with E-state index in [2.05, 4.69) is 6.58 Å². The number of benzene rings is 2. The van der Waals surface area contributed by atoms with Gasteiger partial charge in [-0.3, -0.25) is 5.01 Å². The van der Waals surface area contributed by atoms with Crippen molar-refractivity contribution in [1.29, 1.82) is 5.26 Å². The fourth-order valence-electron chi connectivity index (χ4n) is 2.08. The maximum absolute atomic E-state index is 13.7. The van der Waals surface area contributed by atoms with Crippen molar-refractivity contribution in [3.05, 3.63) is 82.7 Å². The summed E-state index contributed by atoms with van der Waals surface area (Å²) in [5.74, 6) is 4.25. The number of hydrogen-bond donors (Lipinski definition) is 2. The van der Waals surface area contributed by atoms with E-state index in [1.807, 2.05) is 6.07 Å². The van der Waals surface area contributed by atoms with Gasteiger partial charge in [-0.05, 0) is 42.5 Å². The summed E-state index contributed by atoms with van der Waals surface area (Å²) in [6.07, 6.45) is 1.20. The Balaban J connectivity index is 2.60. The lowest BCUT2D eigenvalue weighted by Crippen LogP contribution is -2.29. The van der Waals surface area contributed by atoms with Gasteiger partial charge in [0, 0.05) is 10.6 Å². The van der Waals surface area contributed by atoms with Crippen LogP contribution in [0.5, 0.6) is 0 Å². The van der Waals surface area contributed by atoms with Crippen LogP contribution in [-0.2, 0) is 4.79 Å². The normalized spacial score (nSPS) is 10.9. The lowest BCUT2D eigenvalue weighted by Gasteiger charge is -2.23. The molecule has 0 heterocycles. The van der Waals surface area contributed by atoms with E-state index >= 15 is 0 Å². The predicted molar refractivity (Wildman–Crippen MR) is 94.0 cm³/mol. The first kappa shape index (κ1) is 18.2. The Bertz CT molecular complexity index is 899. The molecule has 0 atom stereocenters. The summed E-state index contributed by atoms with van der Waals surface area (Å²) < 4.78 is 13.7. The maximum Gasteiger partial charge on any atom is 0.335 e. The largest absolute Gasteiger partial charge is 0.478 e. The van der Waals surface area contributed by atoms with E-state index in [9.17, 15) is 9.18 Å². The molecule has 2 rings (SSSR count). The number of hydrazine groups is 1. The molecule has 0 aliphatic rings. The Kier molecular flexibility index (Phi) is 5.55.